The Balaban J connectivity index is 2.10. The van der Waals surface area contributed by atoms with Gasteiger partial charge in [-0.1, -0.05) is 39.0 Å². The molecule has 0 aromatic carbocycles. The Bertz CT molecular complexity index is 137. The molecule has 0 N–H and O–H groups in total. The molecule has 0 aliphatic carbocycles. The highest BCUT2D eigenvalue weighted by molar-refractivity contribution is 4.52. The van der Waals surface area contributed by atoms with Gasteiger partial charge in [0.05, 0.1) is 13.2 Å². The van der Waals surface area contributed by atoms with E-state index in [4.69, 9.17) is 9.78 Å². The van der Waals surface area contributed by atoms with Gasteiger partial charge in [0.25, 0.3) is 0 Å². The van der Waals surface area contributed by atoms with Gasteiger partial charge in [-0.3, -0.25) is 0 Å². The lowest BCUT2D eigenvalue weighted by Crippen LogP contribution is -2.07. The van der Waals surface area contributed by atoms with Crippen LogP contribution in [0.2, 0.25) is 0 Å². The fourth-order valence-corrected chi connectivity index (χ4v) is 1.67. The first kappa shape index (κ1) is 13.9. The van der Waals surface area contributed by atoms with Gasteiger partial charge >= 0.3 is 0 Å². The molecular formula is C11H22O5. The highest BCUT2D eigenvalue weighted by atomic mass is 17.8. The van der Waals surface area contributed by atoms with Gasteiger partial charge in [0.1, 0.15) is 0 Å². The second kappa shape index (κ2) is 9.99. The summed E-state index contributed by atoms with van der Waals surface area (Å²) >= 11 is 0. The van der Waals surface area contributed by atoms with E-state index in [0.717, 1.165) is 19.3 Å². The third kappa shape index (κ3) is 8.01. The first-order chi connectivity index (χ1) is 7.89. The minimum atomic E-state index is 0.467. The van der Waals surface area contributed by atoms with E-state index in [0.29, 0.717) is 19.1 Å². The van der Waals surface area contributed by atoms with Crippen LogP contribution in [0.25, 0.3) is 0 Å². The molecule has 5 heteroatoms. The molecular weight excluding hydrogens is 212 g/mol. The second-order valence-corrected chi connectivity index (χ2v) is 4.33. The number of hydrogen-bond acceptors (Lipinski definition) is 5. The van der Waals surface area contributed by atoms with Crippen molar-refractivity contribution in [3.63, 3.8) is 0 Å². The van der Waals surface area contributed by atoms with Crippen LogP contribution in [-0.4, -0.2) is 13.2 Å². The van der Waals surface area contributed by atoms with E-state index in [-0.39, 0.29) is 0 Å². The van der Waals surface area contributed by atoms with E-state index in [1.807, 2.05) is 0 Å². The molecule has 1 unspecified atom stereocenters. The van der Waals surface area contributed by atoms with Crippen molar-refractivity contribution in [3.05, 3.63) is 0 Å². The van der Waals surface area contributed by atoms with Crippen LogP contribution in [0.5, 0.6) is 0 Å². The molecule has 16 heavy (non-hydrogen) atoms. The molecule has 0 amide bonds. The van der Waals surface area contributed by atoms with Crippen molar-refractivity contribution in [2.75, 3.05) is 13.2 Å². The minimum absolute atomic E-state index is 0.467. The average Bonchev–Trinajstić information content (AvgIpc) is 2.29. The molecule has 1 rings (SSSR count). The Kier molecular flexibility index (Phi) is 8.65. The standard InChI is InChI=1S/C11H22O5/c1-11-8-6-4-2-3-5-7-9-12-14-16-15-13-10-11/h11H,2-10H2,1H3. The van der Waals surface area contributed by atoms with Gasteiger partial charge in [0.15, 0.2) is 0 Å². The molecule has 1 heterocycles. The molecule has 5 nitrogen and oxygen atoms in total. The van der Waals surface area contributed by atoms with E-state index in [9.17, 15) is 0 Å². The summed E-state index contributed by atoms with van der Waals surface area (Å²) in [5.74, 6) is 0.467. The second-order valence-electron chi connectivity index (χ2n) is 4.33. The molecule has 0 bridgehead atoms. The van der Waals surface area contributed by atoms with Gasteiger partial charge < -0.3 is 0 Å². The van der Waals surface area contributed by atoms with Crippen molar-refractivity contribution < 1.29 is 24.9 Å². The maximum atomic E-state index is 4.79. The van der Waals surface area contributed by atoms with E-state index in [1.165, 1.54) is 25.7 Å². The summed E-state index contributed by atoms with van der Waals surface area (Å²) in [4.78, 5) is 9.50. The van der Waals surface area contributed by atoms with Crippen LogP contribution >= 0.6 is 0 Å². The van der Waals surface area contributed by atoms with Crippen molar-refractivity contribution in [2.45, 2.75) is 51.9 Å². The zero-order valence-electron chi connectivity index (χ0n) is 9.98. The molecule has 0 aromatic rings. The topological polar surface area (TPSA) is 46.2 Å². The Morgan fingerprint density at radius 3 is 2.31 bits per heavy atom. The summed E-state index contributed by atoms with van der Waals surface area (Å²) in [5.41, 5.74) is 0. The van der Waals surface area contributed by atoms with Gasteiger partial charge in [-0.05, 0) is 33.9 Å². The molecule has 1 aliphatic heterocycles. The monoisotopic (exact) mass is 234 g/mol. The van der Waals surface area contributed by atoms with E-state index >= 15 is 0 Å². The molecule has 1 aliphatic rings. The van der Waals surface area contributed by atoms with E-state index in [2.05, 4.69) is 22.0 Å². The quantitative estimate of drug-likeness (QED) is 0.603. The highest BCUT2D eigenvalue weighted by Gasteiger charge is 2.04. The first-order valence-electron chi connectivity index (χ1n) is 6.14. The largest absolute Gasteiger partial charge is 0.204 e. The molecule has 0 spiro atoms. The van der Waals surface area contributed by atoms with Crippen molar-refractivity contribution >= 4 is 0 Å². The molecule has 1 fully saturated rings. The van der Waals surface area contributed by atoms with E-state index < -0.39 is 0 Å². The Morgan fingerprint density at radius 2 is 1.44 bits per heavy atom. The number of hydrogen-bond donors (Lipinski definition) is 0. The molecule has 0 aromatic heterocycles. The van der Waals surface area contributed by atoms with Gasteiger partial charge in [0.2, 0.25) is 0 Å². The zero-order chi connectivity index (χ0) is 11.5. The predicted octanol–water partition coefficient (Wildman–Crippen LogP) is 3.11. The molecule has 1 saturated heterocycles. The molecule has 1 atom stereocenters. The smallest absolute Gasteiger partial charge is 0.0880 e. The van der Waals surface area contributed by atoms with Crippen molar-refractivity contribution in [3.8, 4) is 0 Å². The molecule has 0 radical (unpaired) electrons. The third-order valence-electron chi connectivity index (χ3n) is 2.68. The summed E-state index contributed by atoms with van der Waals surface area (Å²) in [6, 6.07) is 0. The lowest BCUT2D eigenvalue weighted by Gasteiger charge is -2.09. The van der Waals surface area contributed by atoms with Crippen LogP contribution in [-0.2, 0) is 24.9 Å². The van der Waals surface area contributed by atoms with Gasteiger partial charge in [-0.2, -0.15) is 0 Å². The summed E-state index contributed by atoms with van der Waals surface area (Å²) in [5, 5.41) is 12.8. The Hall–Kier alpha value is -0.200. The SMILES string of the molecule is CC1CCCCCCCCOOOOOC1. The van der Waals surface area contributed by atoms with Crippen LogP contribution in [0.4, 0.5) is 0 Å². The summed E-state index contributed by atoms with van der Waals surface area (Å²) < 4.78 is 0. The summed E-state index contributed by atoms with van der Waals surface area (Å²) in [6.07, 6.45) is 8.38. The number of rotatable bonds is 0. The van der Waals surface area contributed by atoms with Crippen molar-refractivity contribution in [1.82, 2.24) is 0 Å². The minimum Gasteiger partial charge on any atom is -0.204 e. The van der Waals surface area contributed by atoms with Gasteiger partial charge in [-0.25, -0.2) is 9.78 Å². The summed E-state index contributed by atoms with van der Waals surface area (Å²) in [7, 11) is 0. The summed E-state index contributed by atoms with van der Waals surface area (Å²) in [6.45, 7) is 3.14. The van der Waals surface area contributed by atoms with Crippen LogP contribution in [0.1, 0.15) is 51.9 Å². The van der Waals surface area contributed by atoms with E-state index in [1.54, 1.807) is 0 Å². The van der Waals surface area contributed by atoms with Gasteiger partial charge in [0, 0.05) is 0 Å². The fourth-order valence-electron chi connectivity index (χ4n) is 1.67. The maximum absolute atomic E-state index is 4.79. The van der Waals surface area contributed by atoms with Crippen LogP contribution in [0, 0.1) is 5.92 Å². The van der Waals surface area contributed by atoms with Gasteiger partial charge in [-0.15, -0.1) is 0 Å². The van der Waals surface area contributed by atoms with Crippen LogP contribution in [0.3, 0.4) is 0 Å². The average molecular weight is 234 g/mol. The van der Waals surface area contributed by atoms with Crippen LogP contribution in [0.15, 0.2) is 0 Å². The Morgan fingerprint density at radius 1 is 0.750 bits per heavy atom. The lowest BCUT2D eigenvalue weighted by molar-refractivity contribution is -0.709. The van der Waals surface area contributed by atoms with Crippen molar-refractivity contribution in [1.29, 1.82) is 0 Å². The molecule has 0 saturated carbocycles. The van der Waals surface area contributed by atoms with Crippen LogP contribution < -0.4 is 0 Å². The normalized spacial score (nSPS) is 27.9. The molecule has 96 valence electrons. The Labute approximate surface area is 96.7 Å². The first-order valence-corrected chi connectivity index (χ1v) is 6.14. The third-order valence-corrected chi connectivity index (χ3v) is 2.68. The lowest BCUT2D eigenvalue weighted by atomic mass is 10.0. The zero-order valence-corrected chi connectivity index (χ0v) is 9.98. The van der Waals surface area contributed by atoms with Crippen molar-refractivity contribution in [2.24, 2.45) is 5.92 Å². The predicted molar refractivity (Wildman–Crippen MR) is 56.6 cm³/mol. The maximum Gasteiger partial charge on any atom is 0.0880 e. The highest BCUT2D eigenvalue weighted by Crippen LogP contribution is 2.13. The fraction of sp³-hybridized carbons (Fsp3) is 1.00.